The molecule has 4 aromatic carbocycles. The standard InChI is InChI=1S/C47H56N2O17S4/c1-6-48-37-18-16-33-35(27-31(67(52,53)54)29-39(33)69(58,59)60)44(37)46(2,3)41(48)13-9-7-10-14-42-47(4,20-22-65-25-26-66-24-23-64-5)45-36-28-32(68(55,56)57)30-40(70(61,62)63)34(36)17-19-38(45)49(42)21-12-8-11-15-43(50)51/h7,9-10,13-14,16-19,27-30H,6,8,11-12,15,20-26H2,1-5H3,(H4-,50,51,52,53,54,55,56,57,58,59,60,61,62,63)/p+1. The minimum atomic E-state index is -5.03. The van der Waals surface area contributed by atoms with Crippen LogP contribution in [-0.2, 0) is 70.3 Å². The van der Waals surface area contributed by atoms with Gasteiger partial charge in [0.2, 0.25) is 5.69 Å². The van der Waals surface area contributed by atoms with E-state index in [1.165, 1.54) is 24.3 Å². The monoisotopic (exact) mass is 1050 g/mol. The molecule has 4 aromatic rings. The molecule has 19 nitrogen and oxygen atoms in total. The Hall–Kier alpha value is -4.92. The number of unbranched alkanes of at least 4 members (excludes halogenated alkanes) is 2. The molecule has 0 radical (unpaired) electrons. The van der Waals surface area contributed by atoms with Crippen molar-refractivity contribution >= 4 is 85.1 Å². The van der Waals surface area contributed by atoms with Crippen LogP contribution in [0, 0.1) is 0 Å². The summed E-state index contributed by atoms with van der Waals surface area (Å²) >= 11 is 0. The Bertz CT molecular complexity index is 3310. The quantitative estimate of drug-likeness (QED) is 0.0219. The van der Waals surface area contributed by atoms with Crippen molar-refractivity contribution in [1.29, 1.82) is 0 Å². The van der Waals surface area contributed by atoms with E-state index in [-0.39, 0.29) is 54.2 Å². The van der Waals surface area contributed by atoms with Crippen molar-refractivity contribution in [3.63, 3.8) is 0 Å². The molecule has 70 heavy (non-hydrogen) atoms. The van der Waals surface area contributed by atoms with Crippen LogP contribution in [0.3, 0.4) is 0 Å². The molecule has 1 unspecified atom stereocenters. The number of hydrogen-bond acceptors (Lipinski definition) is 13. The van der Waals surface area contributed by atoms with Crippen LogP contribution >= 0.6 is 0 Å². The Morgan fingerprint density at radius 2 is 1.23 bits per heavy atom. The van der Waals surface area contributed by atoms with E-state index in [4.69, 9.17) is 14.2 Å². The number of rotatable bonds is 23. The van der Waals surface area contributed by atoms with E-state index in [2.05, 4.69) is 0 Å². The van der Waals surface area contributed by atoms with Crippen LogP contribution in [-0.4, -0.2) is 126 Å². The summed E-state index contributed by atoms with van der Waals surface area (Å²) in [5, 5.41) is 9.67. The van der Waals surface area contributed by atoms with E-state index in [9.17, 15) is 61.8 Å². The van der Waals surface area contributed by atoms with Gasteiger partial charge in [-0.1, -0.05) is 30.7 Å². The first-order valence-corrected chi connectivity index (χ1v) is 27.9. The molecule has 0 aromatic heterocycles. The number of methoxy groups -OCH3 is 1. The topological polar surface area (TPSA) is 289 Å². The van der Waals surface area contributed by atoms with Gasteiger partial charge in [0.05, 0.1) is 41.6 Å². The number of allylic oxidation sites excluding steroid dienone is 6. The summed E-state index contributed by atoms with van der Waals surface area (Å²) < 4.78 is 160. The van der Waals surface area contributed by atoms with Gasteiger partial charge in [0.25, 0.3) is 40.5 Å². The first-order chi connectivity index (χ1) is 32.7. The van der Waals surface area contributed by atoms with Gasteiger partial charge in [-0.3, -0.25) is 23.0 Å². The van der Waals surface area contributed by atoms with Gasteiger partial charge < -0.3 is 24.2 Å². The molecule has 2 aliphatic heterocycles. The third-order valence-electron chi connectivity index (χ3n) is 12.7. The van der Waals surface area contributed by atoms with E-state index in [1.54, 1.807) is 37.5 Å². The number of carboxylic acid groups (broad SMARTS) is 1. The SMILES string of the molecule is CC[N+]1=C(/C=C/C=C/C=C2/N(CCCCCC(=O)O)c3ccc4c(S(=O)(=O)O)cc(S(=O)(=O)O)cc4c3C2(C)CCOCCOCCOC)C(C)(C)c2c1ccc1c(S(=O)(=O)O)cc(S(=O)(=O)O)cc21. The van der Waals surface area contributed by atoms with Crippen molar-refractivity contribution in [2.45, 2.75) is 90.2 Å². The number of carbonyl (C=O) groups is 1. The highest BCUT2D eigenvalue weighted by Gasteiger charge is 2.47. The molecule has 0 saturated carbocycles. The predicted octanol–water partition coefficient (Wildman–Crippen LogP) is 6.86. The van der Waals surface area contributed by atoms with Crippen LogP contribution in [0.2, 0.25) is 0 Å². The largest absolute Gasteiger partial charge is 0.481 e. The molecule has 0 amide bonds. The van der Waals surface area contributed by atoms with Crippen LogP contribution in [0.15, 0.2) is 104 Å². The van der Waals surface area contributed by atoms with Gasteiger partial charge in [0.15, 0.2) is 5.71 Å². The Kier molecular flexibility index (Phi) is 16.4. The number of nitrogens with zero attached hydrogens (tertiary/aromatic N) is 2. The minimum Gasteiger partial charge on any atom is -0.481 e. The number of aliphatic carboxylic acids is 1. The molecule has 5 N–H and O–H groups in total. The lowest BCUT2D eigenvalue weighted by atomic mass is 9.76. The fourth-order valence-corrected chi connectivity index (χ4v) is 12.2. The summed E-state index contributed by atoms with van der Waals surface area (Å²) in [5.74, 6) is -0.936. The van der Waals surface area contributed by atoms with Crippen molar-refractivity contribution < 1.29 is 80.6 Å². The second-order valence-electron chi connectivity index (χ2n) is 17.6. The Morgan fingerprint density at radius 3 is 1.77 bits per heavy atom. The molecular weight excluding hydrogens is 993 g/mol. The van der Waals surface area contributed by atoms with Crippen LogP contribution in [0.1, 0.15) is 70.9 Å². The molecule has 2 aliphatic rings. The lowest BCUT2D eigenvalue weighted by molar-refractivity contribution is -0.433. The maximum Gasteiger partial charge on any atom is 0.303 e. The lowest BCUT2D eigenvalue weighted by Gasteiger charge is -2.31. The number of anilines is 1. The normalized spacial score (nSPS) is 18.1. The van der Waals surface area contributed by atoms with Crippen LogP contribution in [0.5, 0.6) is 0 Å². The van der Waals surface area contributed by atoms with Gasteiger partial charge in [-0.2, -0.15) is 38.2 Å². The summed E-state index contributed by atoms with van der Waals surface area (Å²) in [5.41, 5.74) is 1.70. The zero-order chi connectivity index (χ0) is 51.6. The number of fused-ring (bicyclic) bond motifs is 6. The van der Waals surface area contributed by atoms with Gasteiger partial charge in [0.1, 0.15) is 16.3 Å². The molecule has 0 spiro atoms. The number of carboxylic acids is 1. The molecule has 0 aliphatic carbocycles. The Morgan fingerprint density at radius 1 is 0.671 bits per heavy atom. The fraction of sp³-hybridized carbons (Fsp3) is 0.404. The van der Waals surface area contributed by atoms with Gasteiger partial charge in [-0.15, -0.1) is 0 Å². The second-order valence-corrected chi connectivity index (χ2v) is 23.2. The maximum absolute atomic E-state index is 12.8. The lowest BCUT2D eigenvalue weighted by Crippen LogP contribution is -2.30. The summed E-state index contributed by atoms with van der Waals surface area (Å²) in [7, 11) is -18.3. The van der Waals surface area contributed by atoms with Crippen LogP contribution in [0.25, 0.3) is 21.5 Å². The molecule has 0 saturated heterocycles. The Balaban J connectivity index is 1.47. The summed E-state index contributed by atoms with van der Waals surface area (Å²) in [4.78, 5) is 10.5. The first kappa shape index (κ1) is 54.4. The summed E-state index contributed by atoms with van der Waals surface area (Å²) in [6.07, 6.45) is 10.6. The zero-order valence-corrected chi connectivity index (χ0v) is 42.4. The van der Waals surface area contributed by atoms with Crippen molar-refractivity contribution in [3.8, 4) is 0 Å². The van der Waals surface area contributed by atoms with E-state index in [0.29, 0.717) is 85.9 Å². The molecule has 380 valence electrons. The number of ether oxygens (including phenoxy) is 3. The minimum absolute atomic E-state index is 0.00217. The first-order valence-electron chi connectivity index (χ1n) is 22.1. The third kappa shape index (κ3) is 11.4. The van der Waals surface area contributed by atoms with Gasteiger partial charge in [-0.25, -0.2) is 0 Å². The summed E-state index contributed by atoms with van der Waals surface area (Å²) in [6, 6.07) is 10.0. The molecule has 2 heterocycles. The van der Waals surface area contributed by atoms with Crippen LogP contribution < -0.4 is 4.90 Å². The highest BCUT2D eigenvalue weighted by Crippen LogP contribution is 2.54. The van der Waals surface area contributed by atoms with Gasteiger partial charge in [0, 0.05) is 72.0 Å². The molecule has 0 bridgehead atoms. The predicted molar refractivity (Wildman–Crippen MR) is 261 cm³/mol. The molecule has 0 fully saturated rings. The fourth-order valence-electron chi connectivity index (χ4n) is 9.52. The van der Waals surface area contributed by atoms with Crippen molar-refractivity contribution in [3.05, 3.63) is 95.7 Å². The molecule has 1 atom stereocenters. The second kappa shape index (κ2) is 21.0. The number of benzene rings is 4. The molecule has 6 rings (SSSR count). The molecular formula is C47H57N2O17S4+. The van der Waals surface area contributed by atoms with E-state index in [0.717, 1.165) is 5.71 Å². The molecule has 23 heteroatoms. The van der Waals surface area contributed by atoms with Crippen LogP contribution in [0.4, 0.5) is 11.4 Å². The zero-order valence-electron chi connectivity index (χ0n) is 39.2. The van der Waals surface area contributed by atoms with E-state index >= 15 is 0 Å². The highest BCUT2D eigenvalue weighted by molar-refractivity contribution is 7.87. The third-order valence-corrected chi connectivity index (χ3v) is 16.1. The maximum atomic E-state index is 12.8. The Labute approximate surface area is 407 Å². The van der Waals surface area contributed by atoms with Gasteiger partial charge >= 0.3 is 5.97 Å². The average Bonchev–Trinajstić information content (AvgIpc) is 3.64. The van der Waals surface area contributed by atoms with Crippen molar-refractivity contribution in [1.82, 2.24) is 0 Å². The van der Waals surface area contributed by atoms with E-state index in [1.807, 2.05) is 49.3 Å². The average molecular weight is 1050 g/mol. The van der Waals surface area contributed by atoms with E-state index < -0.39 is 76.9 Å². The number of hydrogen-bond donors (Lipinski definition) is 5. The highest BCUT2D eigenvalue weighted by atomic mass is 32.2. The van der Waals surface area contributed by atoms with Crippen molar-refractivity contribution in [2.24, 2.45) is 0 Å². The smallest absolute Gasteiger partial charge is 0.303 e. The van der Waals surface area contributed by atoms with Gasteiger partial charge in [-0.05, 0) is 106 Å². The summed E-state index contributed by atoms with van der Waals surface area (Å²) in [6.45, 7) is 9.67. The van der Waals surface area contributed by atoms with Crippen molar-refractivity contribution in [2.75, 3.05) is 58.1 Å².